The van der Waals surface area contributed by atoms with Gasteiger partial charge in [-0.25, -0.2) is 5.01 Å². The van der Waals surface area contributed by atoms with E-state index >= 15 is 0 Å². The molecule has 0 aromatic heterocycles. The molecule has 0 spiro atoms. The number of anilines is 1. The van der Waals surface area contributed by atoms with Gasteiger partial charge in [0.15, 0.2) is 11.5 Å². The van der Waals surface area contributed by atoms with Gasteiger partial charge in [0.25, 0.3) is 11.8 Å². The van der Waals surface area contributed by atoms with Gasteiger partial charge in [-0.05, 0) is 72.6 Å². The number of hydrogen-bond acceptors (Lipinski definition) is 4. The van der Waals surface area contributed by atoms with Gasteiger partial charge in [-0.2, -0.15) is 0 Å². The Labute approximate surface area is 172 Å². The van der Waals surface area contributed by atoms with Crippen LogP contribution in [0.4, 0.5) is 5.69 Å². The zero-order valence-electron chi connectivity index (χ0n) is 16.1. The van der Waals surface area contributed by atoms with Gasteiger partial charge in [-0.1, -0.05) is 18.2 Å². The van der Waals surface area contributed by atoms with Crippen LogP contribution < -0.4 is 19.9 Å². The molecule has 1 aliphatic rings. The van der Waals surface area contributed by atoms with Gasteiger partial charge in [0, 0.05) is 0 Å². The molecule has 1 heterocycles. The molecule has 2 aromatic rings. The van der Waals surface area contributed by atoms with Crippen molar-refractivity contribution < 1.29 is 19.1 Å². The molecule has 7 heteroatoms. The lowest BCUT2D eigenvalue weighted by Crippen LogP contribution is -2.35. The quantitative estimate of drug-likeness (QED) is 0.569. The van der Waals surface area contributed by atoms with E-state index in [1.165, 1.54) is 11.1 Å². The summed E-state index contributed by atoms with van der Waals surface area (Å²) in [6, 6.07) is 12.4. The summed E-state index contributed by atoms with van der Waals surface area (Å²) in [7, 11) is 1.54. The Morgan fingerprint density at radius 1 is 1.11 bits per heavy atom. The van der Waals surface area contributed by atoms with Gasteiger partial charge < -0.3 is 9.47 Å². The van der Waals surface area contributed by atoms with E-state index in [2.05, 4.69) is 21.4 Å². The van der Waals surface area contributed by atoms with E-state index < -0.39 is 17.4 Å². The third kappa shape index (κ3) is 4.20. The Morgan fingerprint density at radius 2 is 1.79 bits per heavy atom. The Morgan fingerprint density at radius 3 is 2.39 bits per heavy atom. The largest absolute Gasteiger partial charge is 0.493 e. The van der Waals surface area contributed by atoms with Crippen molar-refractivity contribution in [3.05, 3.63) is 58.1 Å². The zero-order chi connectivity index (χ0) is 20.5. The second-order valence-corrected chi connectivity index (χ2v) is 8.08. The van der Waals surface area contributed by atoms with Gasteiger partial charge in [0.1, 0.15) is 11.2 Å². The van der Waals surface area contributed by atoms with E-state index in [4.69, 9.17) is 9.47 Å². The molecule has 2 amide bonds. The third-order valence-electron chi connectivity index (χ3n) is 3.88. The first-order chi connectivity index (χ1) is 13.2. The average Bonchev–Trinajstić information content (AvgIpc) is 2.91. The van der Waals surface area contributed by atoms with Crippen molar-refractivity contribution in [2.24, 2.45) is 0 Å². The predicted molar refractivity (Wildman–Crippen MR) is 111 cm³/mol. The second-order valence-electron chi connectivity index (χ2n) is 7.22. The number of ether oxygens (including phenoxy) is 2. The number of para-hydroxylation sites is 1. The lowest BCUT2D eigenvalue weighted by molar-refractivity contribution is -0.117. The highest BCUT2D eigenvalue weighted by Crippen LogP contribution is 2.39. The molecule has 2 aromatic carbocycles. The van der Waals surface area contributed by atoms with E-state index in [9.17, 15) is 9.59 Å². The predicted octanol–water partition coefficient (Wildman–Crippen LogP) is 4.10. The number of rotatable bonds is 4. The molecular weight excluding hydrogens is 424 g/mol. The molecule has 0 saturated carbocycles. The van der Waals surface area contributed by atoms with Crippen LogP contribution in [0.1, 0.15) is 26.3 Å². The monoisotopic (exact) mass is 444 g/mol. The van der Waals surface area contributed by atoms with E-state index in [0.29, 0.717) is 27.2 Å². The summed E-state index contributed by atoms with van der Waals surface area (Å²) in [4.78, 5) is 25.1. The highest BCUT2D eigenvalue weighted by Gasteiger charge is 2.34. The fourth-order valence-electron chi connectivity index (χ4n) is 2.71. The first-order valence-electron chi connectivity index (χ1n) is 8.68. The molecule has 1 aliphatic heterocycles. The minimum absolute atomic E-state index is 0.0438. The lowest BCUT2D eigenvalue weighted by atomic mass is 10.1. The second kappa shape index (κ2) is 7.67. The Bertz CT molecular complexity index is 949. The first-order valence-corrected chi connectivity index (χ1v) is 9.47. The maximum atomic E-state index is 12.7. The van der Waals surface area contributed by atoms with Crippen LogP contribution in [0.15, 0.2) is 52.5 Å². The fourth-order valence-corrected chi connectivity index (χ4v) is 3.25. The molecule has 0 atom stereocenters. The normalized spacial score (nSPS) is 15.8. The number of hydrazine groups is 1. The van der Waals surface area contributed by atoms with Crippen LogP contribution in [0.3, 0.4) is 0 Å². The summed E-state index contributed by atoms with van der Waals surface area (Å²) in [5, 5.41) is 1.23. The Hall–Kier alpha value is -2.80. The maximum Gasteiger partial charge on any atom is 0.282 e. The summed E-state index contributed by atoms with van der Waals surface area (Å²) in [5.74, 6) is 0.187. The summed E-state index contributed by atoms with van der Waals surface area (Å²) in [5.41, 5.74) is 3.45. The van der Waals surface area contributed by atoms with E-state index in [1.807, 2.05) is 26.8 Å². The summed E-state index contributed by atoms with van der Waals surface area (Å²) in [6.45, 7) is 5.82. The number of amides is 2. The molecule has 0 bridgehead atoms. The molecule has 6 nitrogen and oxygen atoms in total. The number of nitrogens with zero attached hydrogens (tertiary/aromatic N) is 1. The number of carbonyl (C=O) groups excluding carboxylic acids is 2. The van der Waals surface area contributed by atoms with E-state index in [0.717, 1.165) is 0 Å². The Kier molecular flexibility index (Phi) is 5.47. The van der Waals surface area contributed by atoms with Crippen LogP contribution >= 0.6 is 15.9 Å². The van der Waals surface area contributed by atoms with Crippen LogP contribution in [0.5, 0.6) is 11.5 Å². The lowest BCUT2D eigenvalue weighted by Gasteiger charge is -2.24. The molecule has 1 fully saturated rings. The van der Waals surface area contributed by atoms with Gasteiger partial charge in [0.05, 0.1) is 17.3 Å². The first kappa shape index (κ1) is 19.9. The molecule has 0 radical (unpaired) electrons. The maximum absolute atomic E-state index is 12.7. The number of nitrogens with one attached hydrogen (secondary N) is 1. The van der Waals surface area contributed by atoms with E-state index in [1.54, 1.807) is 43.5 Å². The molecule has 28 heavy (non-hydrogen) atoms. The van der Waals surface area contributed by atoms with Gasteiger partial charge in [-0.3, -0.25) is 15.0 Å². The van der Waals surface area contributed by atoms with Crippen molar-refractivity contribution in [3.8, 4) is 11.5 Å². The van der Waals surface area contributed by atoms with Crippen molar-refractivity contribution >= 4 is 39.5 Å². The molecule has 3 rings (SSSR count). The van der Waals surface area contributed by atoms with Gasteiger partial charge in [-0.15, -0.1) is 0 Å². The summed E-state index contributed by atoms with van der Waals surface area (Å²) >= 11 is 3.49. The minimum Gasteiger partial charge on any atom is -0.493 e. The van der Waals surface area contributed by atoms with Crippen molar-refractivity contribution in [2.75, 3.05) is 12.1 Å². The van der Waals surface area contributed by atoms with Crippen LogP contribution in [0.2, 0.25) is 0 Å². The number of benzene rings is 2. The number of methoxy groups -OCH3 is 1. The smallest absolute Gasteiger partial charge is 0.282 e. The molecule has 0 aliphatic carbocycles. The molecule has 1 N–H and O–H groups in total. The topological polar surface area (TPSA) is 67.9 Å². The van der Waals surface area contributed by atoms with Crippen molar-refractivity contribution in [2.45, 2.75) is 26.4 Å². The van der Waals surface area contributed by atoms with Gasteiger partial charge in [0.2, 0.25) is 0 Å². The van der Waals surface area contributed by atoms with E-state index in [-0.39, 0.29) is 5.57 Å². The number of hydrogen-bond donors (Lipinski definition) is 1. The SMILES string of the molecule is COc1cc(C=C2C(=O)NN(c3ccccc3)C2=O)cc(Br)c1OC(C)(C)C. The highest BCUT2D eigenvalue weighted by molar-refractivity contribution is 9.10. The fraction of sp³-hybridized carbons (Fsp3) is 0.238. The molecule has 1 saturated heterocycles. The zero-order valence-corrected chi connectivity index (χ0v) is 17.7. The third-order valence-corrected chi connectivity index (χ3v) is 4.47. The Balaban J connectivity index is 1.96. The van der Waals surface area contributed by atoms with Crippen molar-refractivity contribution in [1.29, 1.82) is 0 Å². The summed E-state index contributed by atoms with van der Waals surface area (Å²) in [6.07, 6.45) is 1.54. The minimum atomic E-state index is -0.459. The van der Waals surface area contributed by atoms with Crippen LogP contribution in [-0.2, 0) is 9.59 Å². The number of halogens is 1. The standard InChI is InChI=1S/C21H21BrN2O4/c1-21(2,3)28-18-16(22)11-13(12-17(18)27-4)10-15-19(25)23-24(20(15)26)14-8-6-5-7-9-14/h5-12H,1-4H3,(H,23,25). The van der Waals surface area contributed by atoms with Crippen LogP contribution in [0, 0.1) is 0 Å². The highest BCUT2D eigenvalue weighted by atomic mass is 79.9. The van der Waals surface area contributed by atoms with Crippen LogP contribution in [-0.4, -0.2) is 24.5 Å². The van der Waals surface area contributed by atoms with Crippen molar-refractivity contribution in [1.82, 2.24) is 5.43 Å². The summed E-state index contributed by atoms with van der Waals surface area (Å²) < 4.78 is 12.1. The number of carbonyl (C=O) groups is 2. The van der Waals surface area contributed by atoms with Crippen LogP contribution in [0.25, 0.3) is 6.08 Å². The van der Waals surface area contributed by atoms with Crippen molar-refractivity contribution in [3.63, 3.8) is 0 Å². The molecular formula is C21H21BrN2O4. The molecule has 0 unspecified atom stereocenters. The average molecular weight is 445 g/mol. The van der Waals surface area contributed by atoms with Gasteiger partial charge >= 0.3 is 0 Å². The molecule has 146 valence electrons.